The minimum absolute atomic E-state index is 0.190. The third-order valence-electron chi connectivity index (χ3n) is 2.82. The molecule has 4 heteroatoms. The van der Waals surface area contributed by atoms with Crippen LogP contribution in [0.2, 0.25) is 0 Å². The Labute approximate surface area is 111 Å². The smallest absolute Gasteiger partial charge is 0.255 e. The van der Waals surface area contributed by atoms with Crippen LogP contribution in [0.3, 0.4) is 0 Å². The van der Waals surface area contributed by atoms with Crippen LogP contribution in [-0.4, -0.2) is 11.0 Å². The fourth-order valence-corrected chi connectivity index (χ4v) is 1.68. The van der Waals surface area contributed by atoms with E-state index in [2.05, 4.69) is 5.32 Å². The number of benzene rings is 2. The largest absolute Gasteiger partial charge is 0.399 e. The van der Waals surface area contributed by atoms with Gasteiger partial charge in [0, 0.05) is 16.9 Å². The van der Waals surface area contributed by atoms with Crippen LogP contribution in [-0.2, 0) is 0 Å². The number of rotatable bonds is 3. The van der Waals surface area contributed by atoms with E-state index in [4.69, 9.17) is 5.73 Å². The van der Waals surface area contributed by atoms with E-state index in [1.807, 2.05) is 0 Å². The summed E-state index contributed by atoms with van der Waals surface area (Å²) in [4.78, 5) is 11.9. The van der Waals surface area contributed by atoms with Gasteiger partial charge >= 0.3 is 0 Å². The highest BCUT2D eigenvalue weighted by Crippen LogP contribution is 2.16. The SMILES string of the molecule is C[C@@H](O)c1ccc(NC(=O)c2ccc(N)cc2)cc1. The lowest BCUT2D eigenvalue weighted by Gasteiger charge is -2.08. The predicted molar refractivity (Wildman–Crippen MR) is 75.9 cm³/mol. The van der Waals surface area contributed by atoms with Gasteiger partial charge in [-0.3, -0.25) is 4.79 Å². The van der Waals surface area contributed by atoms with Gasteiger partial charge in [-0.05, 0) is 48.9 Å². The van der Waals surface area contributed by atoms with Crippen molar-refractivity contribution in [3.05, 3.63) is 59.7 Å². The van der Waals surface area contributed by atoms with Crippen molar-refractivity contribution in [1.82, 2.24) is 0 Å². The third kappa shape index (κ3) is 3.33. The van der Waals surface area contributed by atoms with E-state index in [0.717, 1.165) is 5.56 Å². The van der Waals surface area contributed by atoms with Crippen molar-refractivity contribution in [1.29, 1.82) is 0 Å². The van der Waals surface area contributed by atoms with Crippen LogP contribution >= 0.6 is 0 Å². The second-order valence-corrected chi connectivity index (χ2v) is 4.37. The lowest BCUT2D eigenvalue weighted by molar-refractivity contribution is 0.102. The average molecular weight is 256 g/mol. The number of amides is 1. The van der Waals surface area contributed by atoms with Gasteiger partial charge in [-0.15, -0.1) is 0 Å². The van der Waals surface area contributed by atoms with Gasteiger partial charge in [0.2, 0.25) is 0 Å². The molecular weight excluding hydrogens is 240 g/mol. The molecule has 0 saturated heterocycles. The summed E-state index contributed by atoms with van der Waals surface area (Å²) in [5, 5.41) is 12.2. The van der Waals surface area contributed by atoms with Crippen molar-refractivity contribution in [2.24, 2.45) is 0 Å². The van der Waals surface area contributed by atoms with Gasteiger partial charge < -0.3 is 16.2 Å². The van der Waals surface area contributed by atoms with E-state index in [1.54, 1.807) is 55.5 Å². The zero-order valence-electron chi connectivity index (χ0n) is 10.6. The maximum absolute atomic E-state index is 11.9. The van der Waals surface area contributed by atoms with Gasteiger partial charge in [-0.25, -0.2) is 0 Å². The fraction of sp³-hybridized carbons (Fsp3) is 0.133. The number of nitrogens with two attached hydrogens (primary N) is 1. The zero-order chi connectivity index (χ0) is 13.8. The van der Waals surface area contributed by atoms with Crippen molar-refractivity contribution >= 4 is 17.3 Å². The molecule has 0 aromatic heterocycles. The summed E-state index contributed by atoms with van der Waals surface area (Å²) in [6.45, 7) is 1.70. The first-order chi connectivity index (χ1) is 9.06. The van der Waals surface area contributed by atoms with Gasteiger partial charge in [-0.1, -0.05) is 12.1 Å². The minimum Gasteiger partial charge on any atom is -0.399 e. The number of anilines is 2. The number of aliphatic hydroxyl groups is 1. The van der Waals surface area contributed by atoms with E-state index in [1.165, 1.54) is 0 Å². The Morgan fingerprint density at radius 1 is 1.11 bits per heavy atom. The highest BCUT2D eigenvalue weighted by Gasteiger charge is 2.06. The maximum Gasteiger partial charge on any atom is 0.255 e. The van der Waals surface area contributed by atoms with Gasteiger partial charge in [0.1, 0.15) is 0 Å². The number of hydrogen-bond donors (Lipinski definition) is 3. The minimum atomic E-state index is -0.512. The summed E-state index contributed by atoms with van der Waals surface area (Å²) in [5.41, 5.74) is 8.24. The Morgan fingerprint density at radius 2 is 1.68 bits per heavy atom. The number of nitrogen functional groups attached to an aromatic ring is 1. The highest BCUT2D eigenvalue weighted by atomic mass is 16.3. The summed E-state index contributed by atoms with van der Waals surface area (Å²) >= 11 is 0. The third-order valence-corrected chi connectivity index (χ3v) is 2.82. The molecule has 0 aliphatic rings. The molecule has 0 radical (unpaired) electrons. The Hall–Kier alpha value is -2.33. The number of carbonyl (C=O) groups is 1. The van der Waals surface area contributed by atoms with Gasteiger partial charge in [0.15, 0.2) is 0 Å². The molecule has 0 fully saturated rings. The summed E-state index contributed by atoms with van der Waals surface area (Å²) in [6.07, 6.45) is -0.512. The van der Waals surface area contributed by atoms with Crippen molar-refractivity contribution in [2.75, 3.05) is 11.1 Å². The van der Waals surface area contributed by atoms with Crippen LogP contribution < -0.4 is 11.1 Å². The molecule has 98 valence electrons. The molecule has 1 atom stereocenters. The summed E-state index contributed by atoms with van der Waals surface area (Å²) in [7, 11) is 0. The summed E-state index contributed by atoms with van der Waals surface area (Å²) < 4.78 is 0. The molecule has 2 rings (SSSR count). The lowest BCUT2D eigenvalue weighted by Crippen LogP contribution is -2.11. The van der Waals surface area contributed by atoms with E-state index < -0.39 is 6.10 Å². The Bertz CT molecular complexity index is 560. The standard InChI is InChI=1S/C15H16N2O2/c1-10(18)11-4-8-14(9-5-11)17-15(19)12-2-6-13(16)7-3-12/h2-10,18H,16H2,1H3,(H,17,19)/t10-/m1/s1. The Kier molecular flexibility index (Phi) is 3.82. The second kappa shape index (κ2) is 5.54. The summed E-state index contributed by atoms with van der Waals surface area (Å²) in [5.74, 6) is -0.190. The average Bonchev–Trinajstić information content (AvgIpc) is 2.40. The number of nitrogens with one attached hydrogen (secondary N) is 1. The first kappa shape index (κ1) is 13.1. The van der Waals surface area contributed by atoms with Crippen LogP contribution in [0.5, 0.6) is 0 Å². The fourth-order valence-electron chi connectivity index (χ4n) is 1.68. The molecular formula is C15H16N2O2. The van der Waals surface area contributed by atoms with Gasteiger partial charge in [-0.2, -0.15) is 0 Å². The van der Waals surface area contributed by atoms with E-state index in [9.17, 15) is 9.90 Å². The Balaban J connectivity index is 2.08. The first-order valence-electron chi connectivity index (χ1n) is 6.01. The molecule has 2 aromatic carbocycles. The quantitative estimate of drug-likeness (QED) is 0.739. The van der Waals surface area contributed by atoms with Crippen molar-refractivity contribution in [3.63, 3.8) is 0 Å². The van der Waals surface area contributed by atoms with Gasteiger partial charge in [0.25, 0.3) is 5.91 Å². The number of hydrogen-bond acceptors (Lipinski definition) is 3. The highest BCUT2D eigenvalue weighted by molar-refractivity contribution is 6.04. The molecule has 2 aromatic rings. The normalized spacial score (nSPS) is 11.9. The molecule has 0 aliphatic carbocycles. The maximum atomic E-state index is 11.9. The van der Waals surface area contributed by atoms with Crippen LogP contribution in [0.1, 0.15) is 28.9 Å². The lowest BCUT2D eigenvalue weighted by atomic mass is 10.1. The molecule has 0 heterocycles. The topological polar surface area (TPSA) is 75.3 Å². The Morgan fingerprint density at radius 3 is 2.21 bits per heavy atom. The number of carbonyl (C=O) groups excluding carboxylic acids is 1. The van der Waals surface area contributed by atoms with E-state index in [0.29, 0.717) is 16.9 Å². The molecule has 4 N–H and O–H groups in total. The summed E-state index contributed by atoms with van der Waals surface area (Å²) in [6, 6.07) is 13.8. The molecule has 0 saturated carbocycles. The molecule has 0 aliphatic heterocycles. The van der Waals surface area contributed by atoms with Crippen molar-refractivity contribution in [2.45, 2.75) is 13.0 Å². The van der Waals surface area contributed by atoms with E-state index in [-0.39, 0.29) is 5.91 Å². The van der Waals surface area contributed by atoms with Crippen molar-refractivity contribution < 1.29 is 9.90 Å². The van der Waals surface area contributed by atoms with Gasteiger partial charge in [0.05, 0.1) is 6.10 Å². The first-order valence-corrected chi connectivity index (χ1v) is 6.01. The molecule has 0 unspecified atom stereocenters. The van der Waals surface area contributed by atoms with Crippen molar-refractivity contribution in [3.8, 4) is 0 Å². The molecule has 0 spiro atoms. The predicted octanol–water partition coefficient (Wildman–Crippen LogP) is 2.57. The van der Waals surface area contributed by atoms with Crippen LogP contribution in [0.4, 0.5) is 11.4 Å². The molecule has 0 bridgehead atoms. The number of aliphatic hydroxyl groups excluding tert-OH is 1. The second-order valence-electron chi connectivity index (χ2n) is 4.37. The van der Waals surface area contributed by atoms with Crippen LogP contribution in [0.25, 0.3) is 0 Å². The molecule has 1 amide bonds. The molecule has 19 heavy (non-hydrogen) atoms. The van der Waals surface area contributed by atoms with Crippen LogP contribution in [0.15, 0.2) is 48.5 Å². The molecule has 4 nitrogen and oxygen atoms in total. The zero-order valence-corrected chi connectivity index (χ0v) is 10.6. The van der Waals surface area contributed by atoms with E-state index >= 15 is 0 Å². The monoisotopic (exact) mass is 256 g/mol. The van der Waals surface area contributed by atoms with Crippen LogP contribution in [0, 0.1) is 0 Å².